The summed E-state index contributed by atoms with van der Waals surface area (Å²) in [5.41, 5.74) is -2.46. The molecule has 0 aromatic carbocycles. The SMILES string of the molecule is C=CCn1c(=O)n(N)c(=O)n(CC=C)c1=O. The molecule has 7 nitrogen and oxygen atoms in total. The van der Waals surface area contributed by atoms with Gasteiger partial charge in [0.15, 0.2) is 0 Å². The van der Waals surface area contributed by atoms with Crippen LogP contribution in [0.1, 0.15) is 0 Å². The Labute approximate surface area is 90.3 Å². The second-order valence-electron chi connectivity index (χ2n) is 3.02. The molecule has 0 atom stereocenters. The highest BCUT2D eigenvalue weighted by Gasteiger charge is 2.11. The zero-order valence-corrected chi connectivity index (χ0v) is 8.63. The molecule has 0 bridgehead atoms. The van der Waals surface area contributed by atoms with E-state index in [4.69, 9.17) is 5.84 Å². The summed E-state index contributed by atoms with van der Waals surface area (Å²) in [5, 5.41) is 0. The Bertz CT molecular complexity index is 542. The van der Waals surface area contributed by atoms with Crippen LogP contribution in [0.25, 0.3) is 0 Å². The van der Waals surface area contributed by atoms with Gasteiger partial charge in [-0.1, -0.05) is 12.2 Å². The van der Waals surface area contributed by atoms with Crippen LogP contribution in [0, 0.1) is 0 Å². The Kier molecular flexibility index (Phi) is 3.29. The molecule has 0 saturated heterocycles. The number of hydrogen-bond donors (Lipinski definition) is 1. The first kappa shape index (κ1) is 11.8. The van der Waals surface area contributed by atoms with E-state index in [0.29, 0.717) is 4.68 Å². The van der Waals surface area contributed by atoms with E-state index >= 15 is 0 Å². The Morgan fingerprint density at radius 1 is 0.938 bits per heavy atom. The molecule has 0 amide bonds. The molecule has 1 heterocycles. The Balaban J connectivity index is 3.72. The topological polar surface area (TPSA) is 92.0 Å². The van der Waals surface area contributed by atoms with Crippen molar-refractivity contribution in [3.05, 3.63) is 56.8 Å². The lowest BCUT2D eigenvalue weighted by Gasteiger charge is -2.08. The van der Waals surface area contributed by atoms with E-state index < -0.39 is 17.1 Å². The van der Waals surface area contributed by atoms with Gasteiger partial charge in [0, 0.05) is 0 Å². The van der Waals surface area contributed by atoms with Crippen LogP contribution in [0.4, 0.5) is 0 Å². The summed E-state index contributed by atoms with van der Waals surface area (Å²) in [6.45, 7) is 6.80. The lowest BCUT2D eigenvalue weighted by molar-refractivity contribution is 0.530. The number of hydrogen-bond acceptors (Lipinski definition) is 4. The van der Waals surface area contributed by atoms with Gasteiger partial charge in [0.2, 0.25) is 0 Å². The third-order valence-corrected chi connectivity index (χ3v) is 1.96. The average molecular weight is 224 g/mol. The summed E-state index contributed by atoms with van der Waals surface area (Å²) >= 11 is 0. The lowest BCUT2D eigenvalue weighted by atomic mass is 10.6. The minimum atomic E-state index is -0.866. The third kappa shape index (κ3) is 1.74. The highest BCUT2D eigenvalue weighted by molar-refractivity contribution is 4.84. The summed E-state index contributed by atoms with van der Waals surface area (Å²) < 4.78 is 2.02. The molecule has 2 N–H and O–H groups in total. The fourth-order valence-electron chi connectivity index (χ4n) is 1.22. The molecule has 16 heavy (non-hydrogen) atoms. The highest BCUT2D eigenvalue weighted by atomic mass is 16.2. The van der Waals surface area contributed by atoms with Gasteiger partial charge < -0.3 is 5.84 Å². The zero-order chi connectivity index (χ0) is 12.3. The van der Waals surface area contributed by atoms with Crippen LogP contribution in [0.5, 0.6) is 0 Å². The maximum atomic E-state index is 11.7. The van der Waals surface area contributed by atoms with Crippen molar-refractivity contribution in [2.24, 2.45) is 0 Å². The molecular weight excluding hydrogens is 212 g/mol. The normalized spacial score (nSPS) is 10.0. The van der Waals surface area contributed by atoms with Crippen molar-refractivity contribution in [2.45, 2.75) is 13.1 Å². The Morgan fingerprint density at radius 2 is 1.31 bits per heavy atom. The van der Waals surface area contributed by atoms with E-state index in [1.807, 2.05) is 0 Å². The summed E-state index contributed by atoms with van der Waals surface area (Å²) in [7, 11) is 0. The quantitative estimate of drug-likeness (QED) is 0.485. The van der Waals surface area contributed by atoms with E-state index in [1.54, 1.807) is 0 Å². The van der Waals surface area contributed by atoms with E-state index in [-0.39, 0.29) is 13.1 Å². The lowest BCUT2D eigenvalue weighted by Crippen LogP contribution is -2.56. The Hall–Kier alpha value is -2.31. The predicted molar refractivity (Wildman–Crippen MR) is 59.8 cm³/mol. The molecule has 0 spiro atoms. The smallest absolute Gasteiger partial charge is 0.331 e. The summed E-state index contributed by atoms with van der Waals surface area (Å²) in [4.78, 5) is 34.6. The van der Waals surface area contributed by atoms with Crippen LogP contribution in [-0.2, 0) is 13.1 Å². The van der Waals surface area contributed by atoms with Gasteiger partial charge in [-0.05, 0) is 0 Å². The van der Waals surface area contributed by atoms with E-state index in [9.17, 15) is 14.4 Å². The number of nitrogen functional groups attached to an aromatic ring is 1. The minimum absolute atomic E-state index is 0.00765. The van der Waals surface area contributed by atoms with Gasteiger partial charge in [-0.25, -0.2) is 23.5 Å². The molecule has 7 heteroatoms. The summed E-state index contributed by atoms with van der Waals surface area (Å²) in [6, 6.07) is 0. The first-order valence-electron chi connectivity index (χ1n) is 4.48. The molecule has 1 rings (SSSR count). The van der Waals surface area contributed by atoms with Crippen molar-refractivity contribution in [3.8, 4) is 0 Å². The minimum Gasteiger partial charge on any atom is -0.331 e. The third-order valence-electron chi connectivity index (χ3n) is 1.96. The van der Waals surface area contributed by atoms with E-state index in [2.05, 4.69) is 13.2 Å². The van der Waals surface area contributed by atoms with Crippen LogP contribution in [0.15, 0.2) is 39.7 Å². The second-order valence-corrected chi connectivity index (χ2v) is 3.02. The van der Waals surface area contributed by atoms with Crippen LogP contribution < -0.4 is 22.9 Å². The van der Waals surface area contributed by atoms with Crippen molar-refractivity contribution < 1.29 is 0 Å². The molecule has 1 aromatic heterocycles. The molecule has 0 saturated carbocycles. The van der Waals surface area contributed by atoms with E-state index in [1.165, 1.54) is 12.2 Å². The van der Waals surface area contributed by atoms with Gasteiger partial charge in [-0.2, -0.15) is 4.68 Å². The van der Waals surface area contributed by atoms with Gasteiger partial charge in [0.1, 0.15) is 0 Å². The first-order valence-corrected chi connectivity index (χ1v) is 4.48. The van der Waals surface area contributed by atoms with Gasteiger partial charge in [0.25, 0.3) is 0 Å². The van der Waals surface area contributed by atoms with Crippen molar-refractivity contribution in [1.82, 2.24) is 13.8 Å². The van der Waals surface area contributed by atoms with Gasteiger partial charge >= 0.3 is 17.1 Å². The molecule has 86 valence electrons. The van der Waals surface area contributed by atoms with Crippen molar-refractivity contribution in [3.63, 3.8) is 0 Å². The number of nitrogens with two attached hydrogens (primary N) is 1. The van der Waals surface area contributed by atoms with Gasteiger partial charge in [0.05, 0.1) is 13.1 Å². The first-order chi connectivity index (χ1) is 7.54. The molecule has 0 aliphatic carbocycles. The standard InChI is InChI=1S/C9H12N4O3/c1-3-5-11-7(14)12(6-4-2)9(16)13(10)8(11)15/h3-4H,1-2,5-6,10H2. The largest absolute Gasteiger partial charge is 0.355 e. The average Bonchev–Trinajstić information content (AvgIpc) is 2.28. The fourth-order valence-corrected chi connectivity index (χ4v) is 1.22. The fraction of sp³-hybridized carbons (Fsp3) is 0.222. The van der Waals surface area contributed by atoms with Crippen molar-refractivity contribution >= 4 is 0 Å². The molecule has 0 unspecified atom stereocenters. The second kappa shape index (κ2) is 4.47. The van der Waals surface area contributed by atoms with Gasteiger partial charge in [-0.15, -0.1) is 13.2 Å². The van der Waals surface area contributed by atoms with E-state index in [0.717, 1.165) is 9.13 Å². The number of allylic oxidation sites excluding steroid dienone is 2. The van der Waals surface area contributed by atoms with Gasteiger partial charge in [-0.3, -0.25) is 0 Å². The summed E-state index contributed by atoms with van der Waals surface area (Å²) in [5.74, 6) is 5.26. The molecular formula is C9H12N4O3. The van der Waals surface area contributed by atoms with Crippen molar-refractivity contribution in [1.29, 1.82) is 0 Å². The monoisotopic (exact) mass is 224 g/mol. The molecule has 1 aromatic rings. The summed E-state index contributed by atoms with van der Waals surface area (Å²) in [6.07, 6.45) is 2.73. The molecule has 0 aliphatic heterocycles. The number of aromatic nitrogens is 3. The molecule has 0 fully saturated rings. The highest BCUT2D eigenvalue weighted by Crippen LogP contribution is 1.75. The number of rotatable bonds is 4. The Morgan fingerprint density at radius 3 is 1.62 bits per heavy atom. The number of nitrogens with zero attached hydrogens (tertiary/aromatic N) is 3. The van der Waals surface area contributed by atoms with Crippen LogP contribution in [0.3, 0.4) is 0 Å². The van der Waals surface area contributed by atoms with Crippen molar-refractivity contribution in [2.75, 3.05) is 5.84 Å². The maximum Gasteiger partial charge on any atom is 0.355 e. The molecule has 0 radical (unpaired) electrons. The van der Waals surface area contributed by atoms with Crippen LogP contribution >= 0.6 is 0 Å². The van der Waals surface area contributed by atoms with Crippen LogP contribution in [0.2, 0.25) is 0 Å². The maximum absolute atomic E-state index is 11.7. The van der Waals surface area contributed by atoms with Crippen LogP contribution in [-0.4, -0.2) is 13.8 Å². The molecule has 0 aliphatic rings. The predicted octanol–water partition coefficient (Wildman–Crippen LogP) is -1.74. The zero-order valence-electron chi connectivity index (χ0n) is 8.63.